The van der Waals surface area contributed by atoms with E-state index in [-0.39, 0.29) is 0 Å². The van der Waals surface area contributed by atoms with E-state index < -0.39 is 0 Å². The van der Waals surface area contributed by atoms with Gasteiger partial charge in [-0.2, -0.15) is 0 Å². The molecule has 0 aromatic heterocycles. The van der Waals surface area contributed by atoms with Crippen LogP contribution in [0.3, 0.4) is 0 Å². The molecule has 0 fully saturated rings. The van der Waals surface area contributed by atoms with Crippen molar-refractivity contribution in [2.45, 2.75) is 32.7 Å². The van der Waals surface area contributed by atoms with Crippen LogP contribution < -0.4 is 10.1 Å². The monoisotopic (exact) mass is 319 g/mol. The largest absolute Gasteiger partial charge is 0.494 e. The summed E-state index contributed by atoms with van der Waals surface area (Å²) in [7, 11) is 0. The summed E-state index contributed by atoms with van der Waals surface area (Å²) in [5.41, 5.74) is 2.43. The minimum atomic E-state index is 0.807. The summed E-state index contributed by atoms with van der Waals surface area (Å²) in [6.45, 7) is 3.82. The average Bonchev–Trinajstić information content (AvgIpc) is 2.64. The van der Waals surface area contributed by atoms with Gasteiger partial charge < -0.3 is 10.1 Å². The molecule has 3 aromatic carbocycles. The van der Waals surface area contributed by atoms with Gasteiger partial charge in [-0.1, -0.05) is 68.3 Å². The van der Waals surface area contributed by atoms with E-state index in [1.165, 1.54) is 34.9 Å². The maximum atomic E-state index is 5.76. The molecule has 0 aliphatic carbocycles. The molecule has 0 saturated heterocycles. The third-order valence-electron chi connectivity index (χ3n) is 4.21. The maximum Gasteiger partial charge on any atom is 0.119 e. The highest BCUT2D eigenvalue weighted by molar-refractivity contribution is 5.93. The van der Waals surface area contributed by atoms with Crippen molar-refractivity contribution in [2.75, 3.05) is 11.9 Å². The third kappa shape index (κ3) is 4.29. The highest BCUT2D eigenvalue weighted by atomic mass is 16.5. The minimum Gasteiger partial charge on any atom is -0.494 e. The molecule has 3 aromatic rings. The molecule has 0 bridgehead atoms. The number of ether oxygens (including phenoxy) is 1. The van der Waals surface area contributed by atoms with Crippen molar-refractivity contribution in [3.8, 4) is 5.75 Å². The second-order valence-electron chi connectivity index (χ2n) is 6.08. The molecule has 0 aliphatic heterocycles. The zero-order chi connectivity index (χ0) is 16.6. The average molecular weight is 319 g/mol. The van der Waals surface area contributed by atoms with E-state index in [0.717, 1.165) is 25.3 Å². The molecule has 0 atom stereocenters. The molecule has 1 N–H and O–H groups in total. The van der Waals surface area contributed by atoms with E-state index >= 15 is 0 Å². The fourth-order valence-corrected chi connectivity index (χ4v) is 2.82. The molecule has 2 nitrogen and oxygen atoms in total. The summed E-state index contributed by atoms with van der Waals surface area (Å²) >= 11 is 0. The second kappa shape index (κ2) is 8.39. The molecule has 24 heavy (non-hydrogen) atoms. The van der Waals surface area contributed by atoms with Crippen LogP contribution in [0.5, 0.6) is 5.75 Å². The van der Waals surface area contributed by atoms with Crippen LogP contribution in [0.1, 0.15) is 31.7 Å². The fourth-order valence-electron chi connectivity index (χ4n) is 2.82. The number of nitrogens with one attached hydrogen (secondary N) is 1. The minimum absolute atomic E-state index is 0.807. The molecule has 124 valence electrons. The summed E-state index contributed by atoms with van der Waals surface area (Å²) in [5.74, 6) is 0.958. The van der Waals surface area contributed by atoms with Crippen LogP contribution in [-0.2, 0) is 6.54 Å². The summed E-state index contributed by atoms with van der Waals surface area (Å²) in [6, 6.07) is 23.2. The first-order chi connectivity index (χ1) is 11.9. The van der Waals surface area contributed by atoms with E-state index in [1.54, 1.807) is 0 Å². The number of unbranched alkanes of at least 4 members (excludes halogenated alkanes) is 2. The molecular weight excluding hydrogens is 294 g/mol. The van der Waals surface area contributed by atoms with Crippen molar-refractivity contribution in [3.63, 3.8) is 0 Å². The zero-order valence-electron chi connectivity index (χ0n) is 14.3. The lowest BCUT2D eigenvalue weighted by Gasteiger charge is -2.11. The van der Waals surface area contributed by atoms with E-state index in [1.807, 2.05) is 0 Å². The van der Waals surface area contributed by atoms with Crippen molar-refractivity contribution < 1.29 is 4.74 Å². The van der Waals surface area contributed by atoms with Gasteiger partial charge in [0.25, 0.3) is 0 Å². The van der Waals surface area contributed by atoms with Crippen molar-refractivity contribution in [1.29, 1.82) is 0 Å². The molecular formula is C22H25NO. The van der Waals surface area contributed by atoms with Gasteiger partial charge in [0.1, 0.15) is 5.75 Å². The third-order valence-corrected chi connectivity index (χ3v) is 4.21. The van der Waals surface area contributed by atoms with E-state index in [4.69, 9.17) is 4.74 Å². The van der Waals surface area contributed by atoms with Gasteiger partial charge in [0, 0.05) is 17.6 Å². The summed E-state index contributed by atoms with van der Waals surface area (Å²) in [6.07, 6.45) is 3.58. The van der Waals surface area contributed by atoms with Gasteiger partial charge in [0.2, 0.25) is 0 Å². The van der Waals surface area contributed by atoms with Gasteiger partial charge in [0.05, 0.1) is 6.61 Å². The number of rotatable bonds is 8. The Morgan fingerprint density at radius 3 is 2.46 bits per heavy atom. The standard InChI is InChI=1S/C22H25NO/c1-2-3-6-16-24-20-14-12-18(13-15-20)17-23-22-11-7-9-19-8-4-5-10-21(19)22/h4-5,7-15,23H,2-3,6,16-17H2,1H3. The van der Waals surface area contributed by atoms with Gasteiger partial charge in [-0.3, -0.25) is 0 Å². The van der Waals surface area contributed by atoms with Crippen molar-refractivity contribution in [3.05, 3.63) is 72.3 Å². The number of anilines is 1. The molecule has 0 aliphatic rings. The molecule has 0 radical (unpaired) electrons. The van der Waals surface area contributed by atoms with Crippen molar-refractivity contribution in [1.82, 2.24) is 0 Å². The number of hydrogen-bond donors (Lipinski definition) is 1. The Hall–Kier alpha value is -2.48. The van der Waals surface area contributed by atoms with Crippen LogP contribution in [0.15, 0.2) is 66.7 Å². The second-order valence-corrected chi connectivity index (χ2v) is 6.08. The predicted molar refractivity (Wildman–Crippen MR) is 103 cm³/mol. The Morgan fingerprint density at radius 1 is 0.833 bits per heavy atom. The molecule has 0 spiro atoms. The molecule has 0 saturated carbocycles. The summed E-state index contributed by atoms with van der Waals surface area (Å²) < 4.78 is 5.76. The van der Waals surface area contributed by atoms with E-state index in [2.05, 4.69) is 79.0 Å². The highest BCUT2D eigenvalue weighted by Crippen LogP contribution is 2.23. The van der Waals surface area contributed by atoms with Gasteiger partial charge in [0.15, 0.2) is 0 Å². The number of benzene rings is 3. The first kappa shape index (κ1) is 16.4. The first-order valence-electron chi connectivity index (χ1n) is 8.80. The van der Waals surface area contributed by atoms with Crippen LogP contribution in [0.25, 0.3) is 10.8 Å². The molecule has 0 amide bonds. The molecule has 2 heteroatoms. The van der Waals surface area contributed by atoms with E-state index in [9.17, 15) is 0 Å². The summed E-state index contributed by atoms with van der Waals surface area (Å²) in [5, 5.41) is 6.06. The van der Waals surface area contributed by atoms with Gasteiger partial charge >= 0.3 is 0 Å². The SMILES string of the molecule is CCCCCOc1ccc(CNc2cccc3ccccc23)cc1. The van der Waals surface area contributed by atoms with Gasteiger partial charge in [-0.05, 0) is 35.6 Å². The normalized spacial score (nSPS) is 10.7. The lowest BCUT2D eigenvalue weighted by molar-refractivity contribution is 0.306. The topological polar surface area (TPSA) is 21.3 Å². The molecule has 0 unspecified atom stereocenters. The Morgan fingerprint density at radius 2 is 1.62 bits per heavy atom. The predicted octanol–water partition coefficient (Wildman–Crippen LogP) is 6.02. The summed E-state index contributed by atoms with van der Waals surface area (Å²) in [4.78, 5) is 0. The van der Waals surface area contributed by atoms with Crippen molar-refractivity contribution in [2.24, 2.45) is 0 Å². The van der Waals surface area contributed by atoms with Crippen LogP contribution in [0.2, 0.25) is 0 Å². The van der Waals surface area contributed by atoms with Crippen LogP contribution in [-0.4, -0.2) is 6.61 Å². The Bertz CT molecular complexity index is 759. The smallest absolute Gasteiger partial charge is 0.119 e. The Labute approximate surface area is 144 Å². The number of hydrogen-bond acceptors (Lipinski definition) is 2. The zero-order valence-corrected chi connectivity index (χ0v) is 14.3. The van der Waals surface area contributed by atoms with Gasteiger partial charge in [-0.15, -0.1) is 0 Å². The van der Waals surface area contributed by atoms with Gasteiger partial charge in [-0.25, -0.2) is 0 Å². The lowest BCUT2D eigenvalue weighted by Crippen LogP contribution is -2.01. The highest BCUT2D eigenvalue weighted by Gasteiger charge is 2.01. The van der Waals surface area contributed by atoms with Crippen LogP contribution in [0, 0.1) is 0 Å². The van der Waals surface area contributed by atoms with Crippen LogP contribution in [0.4, 0.5) is 5.69 Å². The lowest BCUT2D eigenvalue weighted by atomic mass is 10.1. The maximum absolute atomic E-state index is 5.76. The van der Waals surface area contributed by atoms with Crippen LogP contribution >= 0.6 is 0 Å². The molecule has 3 rings (SSSR count). The van der Waals surface area contributed by atoms with Crippen molar-refractivity contribution >= 4 is 16.5 Å². The first-order valence-corrected chi connectivity index (χ1v) is 8.80. The number of fused-ring (bicyclic) bond motifs is 1. The fraction of sp³-hybridized carbons (Fsp3) is 0.273. The quantitative estimate of drug-likeness (QED) is 0.512. The Kier molecular flexibility index (Phi) is 5.73. The Balaban J connectivity index is 1.58. The molecule has 0 heterocycles. The van der Waals surface area contributed by atoms with E-state index in [0.29, 0.717) is 0 Å².